The van der Waals surface area contributed by atoms with Crippen molar-refractivity contribution in [3.63, 3.8) is 0 Å². The number of benzene rings is 1. The van der Waals surface area contributed by atoms with Crippen molar-refractivity contribution in [1.82, 2.24) is 34.7 Å². The van der Waals surface area contributed by atoms with Crippen LogP contribution in [-0.2, 0) is 0 Å². The number of piperidine rings is 1. The van der Waals surface area contributed by atoms with Crippen molar-refractivity contribution >= 4 is 73.6 Å². The molecule has 0 radical (unpaired) electrons. The molecule has 238 valence electrons. The van der Waals surface area contributed by atoms with Gasteiger partial charge >= 0.3 is 0 Å². The minimum absolute atomic E-state index is 0.418. The van der Waals surface area contributed by atoms with Gasteiger partial charge in [-0.15, -0.1) is 0 Å². The molecule has 14 heteroatoms. The molecule has 0 unspecified atom stereocenters. The van der Waals surface area contributed by atoms with Crippen LogP contribution in [0.4, 0.5) is 34.6 Å². The van der Waals surface area contributed by atoms with Crippen molar-refractivity contribution in [2.75, 3.05) is 86.6 Å². The Hall–Kier alpha value is -3.46. The highest BCUT2D eigenvalue weighted by atomic mass is 79.9. The second-order valence-electron chi connectivity index (χ2n) is 11.4. The molecule has 3 aromatic heterocycles. The van der Waals surface area contributed by atoms with Gasteiger partial charge in [0, 0.05) is 77.2 Å². The van der Waals surface area contributed by atoms with Gasteiger partial charge in [-0.05, 0) is 66.5 Å². The average molecular weight is 695 g/mol. The monoisotopic (exact) mass is 693 g/mol. The summed E-state index contributed by atoms with van der Waals surface area (Å²) in [6.07, 6.45) is 9.44. The van der Waals surface area contributed by atoms with E-state index in [1.165, 1.54) is 0 Å². The van der Waals surface area contributed by atoms with Crippen LogP contribution in [0.5, 0.6) is 5.88 Å². The molecule has 2 aliphatic rings. The van der Waals surface area contributed by atoms with Crippen molar-refractivity contribution in [2.24, 2.45) is 0 Å². The van der Waals surface area contributed by atoms with E-state index < -0.39 is 0 Å². The van der Waals surface area contributed by atoms with E-state index in [4.69, 9.17) is 14.7 Å². The zero-order valence-electron chi connectivity index (χ0n) is 26.4. The SMILES string of the molecule is COc1nc(N2CCC(N3CCN(C)CC3)CC2)c(C)cc1Nc1ncc(Br)c(Nc2ccc3nccnc3c2N(C)SC)n1. The summed E-state index contributed by atoms with van der Waals surface area (Å²) >= 11 is 5.21. The molecule has 0 spiro atoms. The number of likely N-dealkylation sites (N-methyl/N-ethyl adjacent to an activating group) is 1. The van der Waals surface area contributed by atoms with Crippen LogP contribution in [0.3, 0.4) is 0 Å². The third-order valence-electron chi connectivity index (χ3n) is 8.61. The lowest BCUT2D eigenvalue weighted by molar-refractivity contribution is 0.0981. The zero-order chi connectivity index (χ0) is 31.5. The molecule has 0 aliphatic carbocycles. The summed E-state index contributed by atoms with van der Waals surface area (Å²) in [7, 11) is 5.86. The van der Waals surface area contributed by atoms with Crippen molar-refractivity contribution in [3.05, 3.63) is 46.8 Å². The topological polar surface area (TPSA) is 111 Å². The van der Waals surface area contributed by atoms with E-state index in [0.717, 1.165) is 90.4 Å². The van der Waals surface area contributed by atoms with E-state index in [1.807, 2.05) is 25.4 Å². The van der Waals surface area contributed by atoms with Gasteiger partial charge < -0.3 is 29.5 Å². The van der Waals surface area contributed by atoms with Crippen molar-refractivity contribution in [2.45, 2.75) is 25.8 Å². The molecular weight excluding hydrogens is 654 g/mol. The van der Waals surface area contributed by atoms with Crippen LogP contribution >= 0.6 is 27.9 Å². The van der Waals surface area contributed by atoms with Gasteiger partial charge in [0.2, 0.25) is 11.8 Å². The van der Waals surface area contributed by atoms with Gasteiger partial charge in [0.15, 0.2) is 0 Å². The number of rotatable bonds is 9. The molecule has 0 saturated carbocycles. The summed E-state index contributed by atoms with van der Waals surface area (Å²) in [6.45, 7) is 8.70. The predicted octanol–water partition coefficient (Wildman–Crippen LogP) is 5.31. The molecule has 5 heterocycles. The number of methoxy groups -OCH3 is 1. The van der Waals surface area contributed by atoms with Gasteiger partial charge in [0.05, 0.1) is 28.5 Å². The van der Waals surface area contributed by atoms with E-state index >= 15 is 0 Å². The number of hydrogen-bond donors (Lipinski definition) is 2. The molecule has 45 heavy (non-hydrogen) atoms. The van der Waals surface area contributed by atoms with Crippen LogP contribution in [0.1, 0.15) is 18.4 Å². The Labute approximate surface area is 277 Å². The number of nitrogens with one attached hydrogen (secondary N) is 2. The zero-order valence-corrected chi connectivity index (χ0v) is 28.8. The summed E-state index contributed by atoms with van der Waals surface area (Å²) in [5.41, 5.74) is 5.18. The molecule has 1 aromatic carbocycles. The third kappa shape index (κ3) is 6.88. The highest BCUT2D eigenvalue weighted by Gasteiger charge is 2.28. The van der Waals surface area contributed by atoms with Crippen LogP contribution in [0, 0.1) is 6.92 Å². The number of halogens is 1. The van der Waals surface area contributed by atoms with Gasteiger partial charge in [-0.2, -0.15) is 9.97 Å². The van der Waals surface area contributed by atoms with Gasteiger partial charge in [-0.25, -0.2) is 4.98 Å². The number of hydrogen-bond acceptors (Lipinski definition) is 13. The number of anilines is 6. The molecule has 12 nitrogen and oxygen atoms in total. The Morgan fingerprint density at radius 3 is 2.47 bits per heavy atom. The molecule has 2 saturated heterocycles. The van der Waals surface area contributed by atoms with Crippen LogP contribution in [0.2, 0.25) is 0 Å². The van der Waals surface area contributed by atoms with E-state index in [0.29, 0.717) is 29.4 Å². The number of aromatic nitrogens is 5. The molecule has 4 aromatic rings. The fourth-order valence-corrected chi connectivity index (χ4v) is 6.74. The van der Waals surface area contributed by atoms with E-state index in [2.05, 4.69) is 80.6 Å². The molecule has 6 rings (SSSR count). The maximum atomic E-state index is 5.76. The normalized spacial score (nSPS) is 16.6. The number of nitrogens with zero attached hydrogens (tertiary/aromatic N) is 9. The van der Waals surface area contributed by atoms with Gasteiger partial charge in [-0.3, -0.25) is 14.9 Å². The van der Waals surface area contributed by atoms with E-state index in [1.54, 1.807) is 37.6 Å². The van der Waals surface area contributed by atoms with Crippen molar-refractivity contribution in [1.29, 1.82) is 0 Å². The number of piperazine rings is 1. The molecular formula is C31H40BrN11OS. The Balaban J connectivity index is 1.20. The summed E-state index contributed by atoms with van der Waals surface area (Å²) in [5, 5.41) is 6.82. The first-order valence-corrected chi connectivity index (χ1v) is 17.1. The number of pyridine rings is 1. The van der Waals surface area contributed by atoms with Crippen LogP contribution in [-0.4, -0.2) is 107 Å². The molecule has 0 bridgehead atoms. The third-order valence-corrected chi connectivity index (χ3v) is 9.92. The minimum atomic E-state index is 0.418. The lowest BCUT2D eigenvalue weighted by atomic mass is 10.0. The van der Waals surface area contributed by atoms with Crippen LogP contribution in [0.15, 0.2) is 41.3 Å². The second kappa shape index (κ2) is 13.9. The van der Waals surface area contributed by atoms with Gasteiger partial charge in [-0.1, -0.05) is 11.9 Å². The first-order valence-electron chi connectivity index (χ1n) is 15.2. The molecule has 0 amide bonds. The van der Waals surface area contributed by atoms with Crippen molar-refractivity contribution in [3.8, 4) is 5.88 Å². The second-order valence-corrected chi connectivity index (χ2v) is 13.2. The van der Waals surface area contributed by atoms with Crippen LogP contribution < -0.4 is 24.6 Å². The maximum absolute atomic E-state index is 5.76. The Morgan fingerprint density at radius 2 is 1.73 bits per heavy atom. The molecule has 2 N–H and O–H groups in total. The number of ether oxygens (including phenoxy) is 1. The van der Waals surface area contributed by atoms with Gasteiger partial charge in [0.1, 0.15) is 22.8 Å². The standard InChI is InChI=1S/C31H40BrN11OS/c1-20-18-25(30(44-4)39-29(20)43-12-8-21(9-13-43)42-16-14-40(2)15-17-42)37-31-35-19-22(32)28(38-31)36-24-7-6-23-26(34-11-10-33-23)27(24)41(3)45-5/h6-7,10-11,18-19,21H,8-9,12-17H2,1-5H3,(H2,35,36,37,38). The van der Waals surface area contributed by atoms with Crippen molar-refractivity contribution < 1.29 is 4.74 Å². The summed E-state index contributed by atoms with van der Waals surface area (Å²) in [5.74, 6) is 2.50. The predicted molar refractivity (Wildman–Crippen MR) is 188 cm³/mol. The Morgan fingerprint density at radius 1 is 0.978 bits per heavy atom. The first-order chi connectivity index (χ1) is 21.8. The summed E-state index contributed by atoms with van der Waals surface area (Å²) in [4.78, 5) is 30.8. The smallest absolute Gasteiger partial charge is 0.239 e. The highest BCUT2D eigenvalue weighted by molar-refractivity contribution is 9.10. The lowest BCUT2D eigenvalue weighted by Gasteiger charge is -2.42. The summed E-state index contributed by atoms with van der Waals surface area (Å²) < 4.78 is 8.54. The molecule has 2 fully saturated rings. The summed E-state index contributed by atoms with van der Waals surface area (Å²) in [6, 6.07) is 6.66. The van der Waals surface area contributed by atoms with E-state index in [9.17, 15) is 0 Å². The maximum Gasteiger partial charge on any atom is 0.239 e. The van der Waals surface area contributed by atoms with Gasteiger partial charge in [0.25, 0.3) is 0 Å². The largest absolute Gasteiger partial charge is 0.479 e. The lowest BCUT2D eigenvalue weighted by Crippen LogP contribution is -2.52. The Kier molecular flexibility index (Phi) is 9.73. The molecule has 0 atom stereocenters. The van der Waals surface area contributed by atoms with E-state index in [-0.39, 0.29) is 0 Å². The first kappa shape index (κ1) is 31.5. The fourth-order valence-electron chi connectivity index (χ4n) is 6.08. The minimum Gasteiger partial charge on any atom is -0.479 e. The molecule has 2 aliphatic heterocycles. The number of fused-ring (bicyclic) bond motifs is 1. The van der Waals surface area contributed by atoms with Crippen LogP contribution in [0.25, 0.3) is 11.0 Å². The Bertz CT molecular complexity index is 1640. The average Bonchev–Trinajstić information content (AvgIpc) is 3.06. The highest BCUT2D eigenvalue weighted by Crippen LogP contribution is 2.38. The number of aryl methyl sites for hydroxylation is 1. The fraction of sp³-hybridized carbons (Fsp3) is 0.452. The quantitative estimate of drug-likeness (QED) is 0.221.